The van der Waals surface area contributed by atoms with E-state index in [1.807, 2.05) is 24.3 Å². The summed E-state index contributed by atoms with van der Waals surface area (Å²) in [4.78, 5) is 0. The molecule has 3 heterocycles. The highest BCUT2D eigenvalue weighted by atomic mass is 32.2. The Morgan fingerprint density at radius 3 is 2.28 bits per heavy atom. The van der Waals surface area contributed by atoms with Gasteiger partial charge in [0, 0.05) is 49.2 Å². The Bertz CT molecular complexity index is 1460. The van der Waals surface area contributed by atoms with Crippen molar-refractivity contribution in [1.29, 1.82) is 5.26 Å². The Labute approximate surface area is 229 Å². The Morgan fingerprint density at radius 1 is 0.949 bits per heavy atom. The molecule has 1 saturated carbocycles. The number of anilines is 1. The fourth-order valence-electron chi connectivity index (χ4n) is 5.91. The molecule has 6 rings (SSSR count). The lowest BCUT2D eigenvalue weighted by atomic mass is 9.92. The molecule has 8 nitrogen and oxygen atoms in total. The van der Waals surface area contributed by atoms with Gasteiger partial charge in [0.25, 0.3) is 0 Å². The van der Waals surface area contributed by atoms with E-state index in [9.17, 15) is 13.7 Å². The molecule has 1 N–H and O–H groups in total. The van der Waals surface area contributed by atoms with Crippen LogP contribution in [0.1, 0.15) is 56.6 Å². The van der Waals surface area contributed by atoms with E-state index < -0.39 is 10.0 Å². The lowest BCUT2D eigenvalue weighted by molar-refractivity contribution is 0.0256. The minimum Gasteiger partial charge on any atom is -0.490 e. The van der Waals surface area contributed by atoms with E-state index in [0.717, 1.165) is 86.1 Å². The van der Waals surface area contributed by atoms with Crippen LogP contribution in [0, 0.1) is 17.2 Å². The van der Waals surface area contributed by atoms with Crippen molar-refractivity contribution in [3.8, 4) is 23.1 Å². The van der Waals surface area contributed by atoms with Crippen LogP contribution in [0.25, 0.3) is 22.2 Å². The number of nitrogens with one attached hydrogen (secondary N) is 1. The van der Waals surface area contributed by atoms with Crippen LogP contribution in [-0.4, -0.2) is 51.3 Å². The summed E-state index contributed by atoms with van der Waals surface area (Å²) in [5.41, 5.74) is 3.97. The summed E-state index contributed by atoms with van der Waals surface area (Å²) in [6.45, 7) is 2.67. The van der Waals surface area contributed by atoms with Gasteiger partial charge in [-0.1, -0.05) is 12.1 Å². The normalized spacial score (nSPS) is 19.5. The van der Waals surface area contributed by atoms with Gasteiger partial charge in [0.05, 0.1) is 35.7 Å². The number of aromatic nitrogens is 1. The third kappa shape index (κ3) is 5.65. The Kier molecular flexibility index (Phi) is 7.52. The second-order valence-electron chi connectivity index (χ2n) is 10.9. The van der Waals surface area contributed by atoms with Crippen molar-refractivity contribution in [3.63, 3.8) is 0 Å². The molecular formula is C30H35N3O5S. The molecule has 3 aliphatic rings. The van der Waals surface area contributed by atoms with Crippen LogP contribution in [0.15, 0.2) is 42.5 Å². The van der Waals surface area contributed by atoms with Crippen LogP contribution in [0.5, 0.6) is 5.75 Å². The highest BCUT2D eigenvalue weighted by Crippen LogP contribution is 2.43. The van der Waals surface area contributed by atoms with Gasteiger partial charge in [-0.15, -0.1) is 0 Å². The van der Waals surface area contributed by atoms with E-state index in [1.165, 1.54) is 0 Å². The zero-order valence-electron chi connectivity index (χ0n) is 22.1. The van der Waals surface area contributed by atoms with E-state index >= 15 is 0 Å². The van der Waals surface area contributed by atoms with Crippen molar-refractivity contribution in [2.24, 2.45) is 5.92 Å². The summed E-state index contributed by atoms with van der Waals surface area (Å²) in [5.74, 6) is 1.04. The molecule has 2 saturated heterocycles. The molecule has 206 valence electrons. The number of fused-ring (bicyclic) bond motifs is 1. The van der Waals surface area contributed by atoms with Gasteiger partial charge in [-0.3, -0.25) is 4.72 Å². The molecular weight excluding hydrogens is 514 g/mol. The number of benzene rings is 2. The van der Waals surface area contributed by atoms with Crippen molar-refractivity contribution in [2.45, 2.75) is 57.1 Å². The molecule has 9 heteroatoms. The summed E-state index contributed by atoms with van der Waals surface area (Å²) < 4.78 is 47.8. The maximum Gasteiger partial charge on any atom is 0.232 e. The van der Waals surface area contributed by atoms with Crippen LogP contribution in [0.4, 0.5) is 5.69 Å². The summed E-state index contributed by atoms with van der Waals surface area (Å²) in [6, 6.07) is 16.2. The van der Waals surface area contributed by atoms with E-state index in [1.54, 1.807) is 12.1 Å². The molecule has 0 atom stereocenters. The molecule has 3 aromatic rings. The quantitative estimate of drug-likeness (QED) is 0.391. The number of hydrogen-bond donors (Lipinski definition) is 1. The number of nitrogens with zero attached hydrogens (tertiary/aromatic N) is 2. The summed E-state index contributed by atoms with van der Waals surface area (Å²) in [6.07, 6.45) is 6.73. The predicted molar refractivity (Wildman–Crippen MR) is 150 cm³/mol. The third-order valence-electron chi connectivity index (χ3n) is 8.23. The minimum atomic E-state index is -3.46. The zero-order chi connectivity index (χ0) is 26.8. The molecule has 0 amide bonds. The minimum absolute atomic E-state index is 0.102. The molecule has 1 aromatic heterocycles. The number of nitriles is 1. The lowest BCUT2D eigenvalue weighted by Gasteiger charge is -2.30. The van der Waals surface area contributed by atoms with Crippen molar-refractivity contribution in [2.75, 3.05) is 36.9 Å². The van der Waals surface area contributed by atoms with E-state index in [4.69, 9.17) is 14.2 Å². The smallest absolute Gasteiger partial charge is 0.232 e. The Hall–Kier alpha value is -3.06. The van der Waals surface area contributed by atoms with Crippen molar-refractivity contribution >= 4 is 26.6 Å². The van der Waals surface area contributed by atoms with Gasteiger partial charge in [-0.25, -0.2) is 8.42 Å². The van der Waals surface area contributed by atoms with E-state index in [2.05, 4.69) is 21.4 Å². The molecule has 2 aliphatic heterocycles. The average molecular weight is 550 g/mol. The van der Waals surface area contributed by atoms with E-state index in [0.29, 0.717) is 30.5 Å². The van der Waals surface area contributed by atoms with Crippen LogP contribution in [0.3, 0.4) is 0 Å². The highest BCUT2D eigenvalue weighted by molar-refractivity contribution is 7.92. The molecule has 3 fully saturated rings. The summed E-state index contributed by atoms with van der Waals surface area (Å²) >= 11 is 0. The molecule has 0 bridgehead atoms. The average Bonchev–Trinajstić information content (AvgIpc) is 3.22. The monoisotopic (exact) mass is 549 g/mol. The highest BCUT2D eigenvalue weighted by Gasteiger charge is 2.28. The second-order valence-corrected chi connectivity index (χ2v) is 12.7. The van der Waals surface area contributed by atoms with Crippen molar-refractivity contribution < 1.29 is 22.6 Å². The van der Waals surface area contributed by atoms with Gasteiger partial charge in [0.15, 0.2) is 0 Å². The zero-order valence-corrected chi connectivity index (χ0v) is 22.9. The first-order valence-corrected chi connectivity index (χ1v) is 15.7. The van der Waals surface area contributed by atoms with Crippen LogP contribution < -0.4 is 9.46 Å². The molecule has 0 unspecified atom stereocenters. The van der Waals surface area contributed by atoms with Gasteiger partial charge in [-0.2, -0.15) is 5.26 Å². The maximum atomic E-state index is 12.8. The van der Waals surface area contributed by atoms with Gasteiger partial charge < -0.3 is 18.8 Å². The first-order chi connectivity index (χ1) is 19.0. The number of sulfonamides is 1. The Morgan fingerprint density at radius 2 is 1.64 bits per heavy atom. The topological polar surface area (TPSA) is 103 Å². The van der Waals surface area contributed by atoms with Crippen molar-refractivity contribution in [3.05, 3.63) is 48.0 Å². The van der Waals surface area contributed by atoms with Crippen molar-refractivity contribution in [1.82, 2.24) is 4.57 Å². The predicted octanol–water partition coefficient (Wildman–Crippen LogP) is 5.63. The molecule has 39 heavy (non-hydrogen) atoms. The molecule has 2 aromatic carbocycles. The third-order valence-corrected chi connectivity index (χ3v) is 9.68. The summed E-state index contributed by atoms with van der Waals surface area (Å²) in [5, 5.41) is 11.2. The molecule has 1 aliphatic carbocycles. The van der Waals surface area contributed by atoms with E-state index in [-0.39, 0.29) is 17.8 Å². The maximum absolute atomic E-state index is 12.8. The fourth-order valence-corrected chi connectivity index (χ4v) is 7.44. The van der Waals surface area contributed by atoms with Crippen LogP contribution >= 0.6 is 0 Å². The SMILES string of the molecule is N#Cc1c(-c2ccc(NS(=O)(=O)CC3CCOCC3)cc2)n(C2CCC2)c2cc(OC3CCOCC3)ccc12. The van der Waals surface area contributed by atoms with Crippen LogP contribution in [0.2, 0.25) is 0 Å². The van der Waals surface area contributed by atoms with Gasteiger partial charge >= 0.3 is 0 Å². The first kappa shape index (κ1) is 26.2. The van der Waals surface area contributed by atoms with Gasteiger partial charge in [0.2, 0.25) is 10.0 Å². The molecule has 0 spiro atoms. The lowest BCUT2D eigenvalue weighted by Crippen LogP contribution is -2.27. The van der Waals surface area contributed by atoms with Gasteiger partial charge in [0.1, 0.15) is 17.9 Å². The van der Waals surface area contributed by atoms with Crippen LogP contribution in [-0.2, 0) is 19.5 Å². The first-order valence-electron chi connectivity index (χ1n) is 14.0. The standard InChI is InChI=1S/C30H35N3O5S/c31-19-28-27-9-8-26(38-25-12-16-37-17-13-25)18-29(27)33(24-2-1-3-24)30(28)22-4-6-23(7-5-22)32-39(34,35)20-21-10-14-36-15-11-21/h4-9,18,21,24-25,32H,1-3,10-17,20H2. The molecule has 0 radical (unpaired) electrons. The number of rotatable bonds is 8. The van der Waals surface area contributed by atoms with Gasteiger partial charge in [-0.05, 0) is 67.9 Å². The Balaban J connectivity index is 1.30. The number of hydrogen-bond acceptors (Lipinski definition) is 6. The summed E-state index contributed by atoms with van der Waals surface area (Å²) in [7, 11) is -3.46. The number of ether oxygens (including phenoxy) is 3. The largest absolute Gasteiger partial charge is 0.490 e. The second kappa shape index (κ2) is 11.2. The fraction of sp³-hybridized carbons (Fsp3) is 0.500.